The van der Waals surface area contributed by atoms with Gasteiger partial charge in [-0.3, -0.25) is 14.4 Å². The molecule has 0 radical (unpaired) electrons. The highest BCUT2D eigenvalue weighted by atomic mass is 32.2. The van der Waals surface area contributed by atoms with E-state index in [1.165, 1.54) is 42.5 Å². The van der Waals surface area contributed by atoms with E-state index >= 15 is 0 Å². The predicted octanol–water partition coefficient (Wildman–Crippen LogP) is 3.70. The van der Waals surface area contributed by atoms with Gasteiger partial charge in [0.1, 0.15) is 5.82 Å². The standard InChI is InChI=1S/C17H10FNO3S/c18-13-8-6-11(7-9-13)10-14-16(21)19(17(22)23-14)15(20)12-4-2-1-3-5-12/h1-10H/b14-10+. The molecule has 1 fully saturated rings. The second-order valence-electron chi connectivity index (χ2n) is 4.74. The second-order valence-corrected chi connectivity index (χ2v) is 5.73. The van der Waals surface area contributed by atoms with E-state index in [1.807, 2.05) is 0 Å². The first kappa shape index (κ1) is 15.2. The number of rotatable bonds is 2. The van der Waals surface area contributed by atoms with E-state index in [2.05, 4.69) is 0 Å². The van der Waals surface area contributed by atoms with Crippen molar-refractivity contribution in [1.29, 1.82) is 0 Å². The average Bonchev–Trinajstić information content (AvgIpc) is 2.84. The Balaban J connectivity index is 1.88. The third-order valence-corrected chi connectivity index (χ3v) is 4.05. The van der Waals surface area contributed by atoms with Gasteiger partial charge in [-0.15, -0.1) is 0 Å². The molecule has 1 heterocycles. The second kappa shape index (κ2) is 6.18. The molecule has 23 heavy (non-hydrogen) atoms. The van der Waals surface area contributed by atoms with Crippen molar-refractivity contribution < 1.29 is 18.8 Å². The zero-order valence-electron chi connectivity index (χ0n) is 11.7. The lowest BCUT2D eigenvalue weighted by Crippen LogP contribution is -2.34. The Morgan fingerprint density at radius 2 is 1.65 bits per heavy atom. The molecule has 114 valence electrons. The van der Waals surface area contributed by atoms with Crippen LogP contribution in [-0.2, 0) is 4.79 Å². The molecule has 0 saturated carbocycles. The van der Waals surface area contributed by atoms with Crippen LogP contribution in [0.4, 0.5) is 9.18 Å². The predicted molar refractivity (Wildman–Crippen MR) is 85.0 cm³/mol. The van der Waals surface area contributed by atoms with Crippen LogP contribution in [0.2, 0.25) is 0 Å². The number of thioether (sulfide) groups is 1. The van der Waals surface area contributed by atoms with Crippen molar-refractivity contribution in [2.45, 2.75) is 0 Å². The van der Waals surface area contributed by atoms with E-state index in [0.29, 0.717) is 22.2 Å². The van der Waals surface area contributed by atoms with Crippen molar-refractivity contribution in [3.8, 4) is 0 Å². The van der Waals surface area contributed by atoms with Gasteiger partial charge in [-0.2, -0.15) is 0 Å². The zero-order chi connectivity index (χ0) is 16.4. The van der Waals surface area contributed by atoms with Crippen molar-refractivity contribution in [3.63, 3.8) is 0 Å². The van der Waals surface area contributed by atoms with Crippen molar-refractivity contribution in [1.82, 2.24) is 4.90 Å². The van der Waals surface area contributed by atoms with Crippen molar-refractivity contribution >= 4 is 34.9 Å². The quantitative estimate of drug-likeness (QED) is 0.623. The number of hydrogen-bond acceptors (Lipinski definition) is 4. The molecule has 6 heteroatoms. The molecule has 1 saturated heterocycles. The highest BCUT2D eigenvalue weighted by Crippen LogP contribution is 2.33. The minimum absolute atomic E-state index is 0.130. The van der Waals surface area contributed by atoms with Crippen LogP contribution in [0.5, 0.6) is 0 Å². The fourth-order valence-corrected chi connectivity index (χ4v) is 2.88. The Kier molecular flexibility index (Phi) is 4.08. The molecule has 0 atom stereocenters. The van der Waals surface area contributed by atoms with E-state index < -0.39 is 22.9 Å². The molecular weight excluding hydrogens is 317 g/mol. The maximum Gasteiger partial charge on any atom is 0.300 e. The van der Waals surface area contributed by atoms with E-state index in [0.717, 1.165) is 0 Å². The van der Waals surface area contributed by atoms with Crippen LogP contribution in [0, 0.1) is 5.82 Å². The van der Waals surface area contributed by atoms with Gasteiger partial charge in [0.2, 0.25) is 0 Å². The van der Waals surface area contributed by atoms with E-state index in [1.54, 1.807) is 18.2 Å². The summed E-state index contributed by atoms with van der Waals surface area (Å²) in [7, 11) is 0. The smallest absolute Gasteiger partial charge is 0.268 e. The number of benzene rings is 2. The van der Waals surface area contributed by atoms with Gasteiger partial charge in [0.25, 0.3) is 11.8 Å². The van der Waals surface area contributed by atoms with Crippen LogP contribution in [-0.4, -0.2) is 22.0 Å². The topological polar surface area (TPSA) is 54.5 Å². The van der Waals surface area contributed by atoms with Crippen LogP contribution in [0.3, 0.4) is 0 Å². The summed E-state index contributed by atoms with van der Waals surface area (Å²) in [6, 6.07) is 13.6. The van der Waals surface area contributed by atoms with Crippen LogP contribution in [0.1, 0.15) is 15.9 Å². The van der Waals surface area contributed by atoms with Gasteiger partial charge >= 0.3 is 5.24 Å². The molecule has 4 nitrogen and oxygen atoms in total. The average molecular weight is 327 g/mol. The first-order valence-electron chi connectivity index (χ1n) is 6.69. The normalized spacial score (nSPS) is 16.2. The van der Waals surface area contributed by atoms with Gasteiger partial charge in [-0.05, 0) is 47.7 Å². The monoisotopic (exact) mass is 327 g/mol. The lowest BCUT2D eigenvalue weighted by atomic mass is 10.2. The molecule has 0 aliphatic carbocycles. The lowest BCUT2D eigenvalue weighted by Gasteiger charge is -2.10. The minimum atomic E-state index is -0.668. The molecule has 0 aromatic heterocycles. The molecule has 3 amide bonds. The summed E-state index contributed by atoms with van der Waals surface area (Å²) in [6.07, 6.45) is 1.46. The van der Waals surface area contributed by atoms with Crippen molar-refractivity contribution in [2.75, 3.05) is 0 Å². The van der Waals surface area contributed by atoms with Gasteiger partial charge in [0.05, 0.1) is 4.91 Å². The summed E-state index contributed by atoms with van der Waals surface area (Å²) in [4.78, 5) is 37.4. The first-order valence-corrected chi connectivity index (χ1v) is 7.51. The Bertz CT molecular complexity index is 815. The molecular formula is C17H10FNO3S. The van der Waals surface area contributed by atoms with Gasteiger partial charge in [-0.25, -0.2) is 9.29 Å². The lowest BCUT2D eigenvalue weighted by molar-refractivity contribution is -0.120. The Labute approximate surface area is 135 Å². The third kappa shape index (κ3) is 3.07. The molecule has 0 bridgehead atoms. The fraction of sp³-hybridized carbons (Fsp3) is 0. The number of amides is 3. The maximum atomic E-state index is 12.9. The van der Waals surface area contributed by atoms with Gasteiger partial charge in [-0.1, -0.05) is 30.3 Å². The number of imide groups is 3. The van der Waals surface area contributed by atoms with Crippen LogP contribution >= 0.6 is 11.8 Å². The van der Waals surface area contributed by atoms with Gasteiger partial charge in [0.15, 0.2) is 0 Å². The molecule has 0 N–H and O–H groups in total. The summed E-state index contributed by atoms with van der Waals surface area (Å²) < 4.78 is 12.9. The Morgan fingerprint density at radius 1 is 1.00 bits per heavy atom. The highest BCUT2D eigenvalue weighted by Gasteiger charge is 2.40. The first-order chi connectivity index (χ1) is 11.1. The van der Waals surface area contributed by atoms with Gasteiger partial charge in [0, 0.05) is 5.56 Å². The number of carbonyl (C=O) groups excluding carboxylic acids is 3. The van der Waals surface area contributed by atoms with Crippen molar-refractivity contribution in [2.24, 2.45) is 0 Å². The van der Waals surface area contributed by atoms with Crippen LogP contribution in [0.15, 0.2) is 59.5 Å². The third-order valence-electron chi connectivity index (χ3n) is 3.19. The molecule has 2 aromatic rings. The highest BCUT2D eigenvalue weighted by molar-refractivity contribution is 8.18. The number of halogens is 1. The van der Waals surface area contributed by atoms with E-state index in [-0.39, 0.29) is 10.5 Å². The van der Waals surface area contributed by atoms with Crippen LogP contribution in [0.25, 0.3) is 6.08 Å². The SMILES string of the molecule is O=C1S/C(=C/c2ccc(F)cc2)C(=O)N1C(=O)c1ccccc1. The molecule has 0 spiro atoms. The summed E-state index contributed by atoms with van der Waals surface area (Å²) in [5.74, 6) is -1.72. The number of nitrogens with zero attached hydrogens (tertiary/aromatic N) is 1. The van der Waals surface area contributed by atoms with Gasteiger partial charge < -0.3 is 0 Å². The summed E-state index contributed by atoms with van der Waals surface area (Å²) in [5, 5.41) is -0.641. The molecule has 1 aliphatic rings. The van der Waals surface area contributed by atoms with Crippen molar-refractivity contribution in [3.05, 3.63) is 76.4 Å². The summed E-state index contributed by atoms with van der Waals surface area (Å²) >= 11 is 0.688. The van der Waals surface area contributed by atoms with E-state index in [4.69, 9.17) is 0 Å². The minimum Gasteiger partial charge on any atom is -0.268 e. The fourth-order valence-electron chi connectivity index (χ4n) is 2.06. The molecule has 3 rings (SSSR count). The molecule has 1 aliphatic heterocycles. The summed E-state index contributed by atoms with van der Waals surface area (Å²) in [5.41, 5.74) is 0.835. The summed E-state index contributed by atoms with van der Waals surface area (Å²) in [6.45, 7) is 0. The van der Waals surface area contributed by atoms with Crippen LogP contribution < -0.4 is 0 Å². The number of hydrogen-bond donors (Lipinski definition) is 0. The maximum absolute atomic E-state index is 12.9. The largest absolute Gasteiger partial charge is 0.300 e. The zero-order valence-corrected chi connectivity index (χ0v) is 12.5. The Hall–Kier alpha value is -2.73. The molecule has 2 aromatic carbocycles. The molecule has 0 unspecified atom stereocenters. The number of carbonyl (C=O) groups is 3. The van der Waals surface area contributed by atoms with E-state index in [9.17, 15) is 18.8 Å². The Morgan fingerprint density at radius 3 is 2.30 bits per heavy atom.